The first-order valence-corrected chi connectivity index (χ1v) is 7.79. The van der Waals surface area contributed by atoms with Crippen molar-refractivity contribution in [2.45, 2.75) is 39.5 Å². The summed E-state index contributed by atoms with van der Waals surface area (Å²) in [5.74, 6) is -0.252. The van der Waals surface area contributed by atoms with Gasteiger partial charge >= 0.3 is 0 Å². The molecule has 3 heteroatoms. The van der Waals surface area contributed by atoms with Crippen molar-refractivity contribution in [2.24, 2.45) is 0 Å². The van der Waals surface area contributed by atoms with Gasteiger partial charge in [-0.15, -0.1) is 0 Å². The van der Waals surface area contributed by atoms with Crippen molar-refractivity contribution in [2.75, 3.05) is 5.32 Å². The van der Waals surface area contributed by atoms with E-state index < -0.39 is 0 Å². The second kappa shape index (κ2) is 7.74. The summed E-state index contributed by atoms with van der Waals surface area (Å²) in [6, 6.07) is 12.4. The minimum Gasteiger partial charge on any atom is -0.326 e. The van der Waals surface area contributed by atoms with Gasteiger partial charge in [0.25, 0.3) is 0 Å². The molecule has 0 aliphatic carbocycles. The molecule has 0 aliphatic rings. The smallest absolute Gasteiger partial charge is 0.224 e. The lowest BCUT2D eigenvalue weighted by atomic mass is 10.0. The first-order valence-electron chi connectivity index (χ1n) is 7.79. The topological polar surface area (TPSA) is 29.1 Å². The van der Waals surface area contributed by atoms with Crippen LogP contribution in [0.1, 0.15) is 37.0 Å². The number of aryl methyl sites for hydroxylation is 3. The van der Waals surface area contributed by atoms with Gasteiger partial charge in [0, 0.05) is 12.1 Å². The molecule has 2 aromatic rings. The zero-order valence-corrected chi connectivity index (χ0v) is 13.2. The number of para-hydroxylation sites is 1. The van der Waals surface area contributed by atoms with Gasteiger partial charge in [0.1, 0.15) is 5.82 Å². The van der Waals surface area contributed by atoms with E-state index in [0.717, 1.165) is 35.2 Å². The minimum absolute atomic E-state index is 0.0000694. The molecule has 2 aromatic carbocycles. The molecule has 0 aliphatic heterocycles. The highest BCUT2D eigenvalue weighted by atomic mass is 19.1. The maximum absolute atomic E-state index is 12.9. The number of halogens is 1. The van der Waals surface area contributed by atoms with Crippen molar-refractivity contribution in [3.05, 3.63) is 65.0 Å². The summed E-state index contributed by atoms with van der Waals surface area (Å²) < 4.78 is 12.9. The van der Waals surface area contributed by atoms with Gasteiger partial charge in [0.2, 0.25) is 5.91 Å². The van der Waals surface area contributed by atoms with E-state index in [0.29, 0.717) is 12.8 Å². The number of anilines is 1. The molecule has 0 spiro atoms. The predicted octanol–water partition coefficient (Wildman–Crippen LogP) is 4.52. The monoisotopic (exact) mass is 299 g/mol. The average molecular weight is 299 g/mol. The van der Waals surface area contributed by atoms with Crippen LogP contribution in [0.5, 0.6) is 0 Å². The lowest BCUT2D eigenvalue weighted by Crippen LogP contribution is -2.15. The van der Waals surface area contributed by atoms with Crippen molar-refractivity contribution >= 4 is 11.6 Å². The van der Waals surface area contributed by atoms with Crippen molar-refractivity contribution < 1.29 is 9.18 Å². The quantitative estimate of drug-likeness (QED) is 0.834. The third-order valence-corrected chi connectivity index (χ3v) is 3.82. The molecule has 0 heterocycles. The van der Waals surface area contributed by atoms with Crippen molar-refractivity contribution in [3.63, 3.8) is 0 Å². The maximum Gasteiger partial charge on any atom is 0.224 e. The van der Waals surface area contributed by atoms with E-state index in [2.05, 4.69) is 31.3 Å². The fourth-order valence-corrected chi connectivity index (χ4v) is 2.51. The summed E-state index contributed by atoms with van der Waals surface area (Å²) in [6.07, 6.45) is 2.79. The van der Waals surface area contributed by atoms with Crippen LogP contribution < -0.4 is 5.32 Å². The Kier molecular flexibility index (Phi) is 5.70. The first-order chi connectivity index (χ1) is 10.6. The van der Waals surface area contributed by atoms with Crippen LogP contribution in [-0.2, 0) is 24.1 Å². The molecule has 2 rings (SSSR count). The van der Waals surface area contributed by atoms with E-state index in [1.807, 2.05) is 6.07 Å². The van der Waals surface area contributed by atoms with Gasteiger partial charge in [-0.25, -0.2) is 4.39 Å². The number of nitrogens with one attached hydrogen (secondary N) is 1. The van der Waals surface area contributed by atoms with Crippen LogP contribution in [0.25, 0.3) is 0 Å². The van der Waals surface area contributed by atoms with Crippen LogP contribution in [0.4, 0.5) is 10.1 Å². The average Bonchev–Trinajstić information content (AvgIpc) is 2.54. The molecule has 1 N–H and O–H groups in total. The van der Waals surface area contributed by atoms with E-state index in [4.69, 9.17) is 0 Å². The van der Waals surface area contributed by atoms with Crippen LogP contribution >= 0.6 is 0 Å². The van der Waals surface area contributed by atoms with Crippen LogP contribution in [0, 0.1) is 5.82 Å². The largest absolute Gasteiger partial charge is 0.326 e. The van der Waals surface area contributed by atoms with E-state index in [1.165, 1.54) is 12.1 Å². The Bertz CT molecular complexity index is 612. The second-order valence-corrected chi connectivity index (χ2v) is 5.33. The normalized spacial score (nSPS) is 10.5. The van der Waals surface area contributed by atoms with Gasteiger partial charge in [0.15, 0.2) is 0 Å². The van der Waals surface area contributed by atoms with E-state index in [-0.39, 0.29) is 11.7 Å². The summed E-state index contributed by atoms with van der Waals surface area (Å²) in [4.78, 5) is 12.2. The molecule has 116 valence electrons. The number of rotatable bonds is 6. The molecule has 0 saturated heterocycles. The molecule has 0 saturated carbocycles. The minimum atomic E-state index is -0.252. The van der Waals surface area contributed by atoms with Gasteiger partial charge < -0.3 is 5.32 Å². The zero-order chi connectivity index (χ0) is 15.9. The molecule has 0 unspecified atom stereocenters. The van der Waals surface area contributed by atoms with E-state index in [9.17, 15) is 9.18 Å². The van der Waals surface area contributed by atoms with Crippen molar-refractivity contribution in [3.8, 4) is 0 Å². The van der Waals surface area contributed by atoms with Gasteiger partial charge in [-0.05, 0) is 48.1 Å². The van der Waals surface area contributed by atoms with Gasteiger partial charge in [-0.3, -0.25) is 4.79 Å². The SMILES string of the molecule is CCc1cccc(CC)c1NC(=O)CCc1ccc(F)cc1. The number of hydrogen-bond donors (Lipinski definition) is 1. The van der Waals surface area contributed by atoms with E-state index in [1.54, 1.807) is 12.1 Å². The zero-order valence-electron chi connectivity index (χ0n) is 13.2. The van der Waals surface area contributed by atoms with Gasteiger partial charge in [-0.2, -0.15) is 0 Å². The van der Waals surface area contributed by atoms with E-state index >= 15 is 0 Å². The van der Waals surface area contributed by atoms with Crippen LogP contribution in [0.2, 0.25) is 0 Å². The highest BCUT2D eigenvalue weighted by Crippen LogP contribution is 2.23. The number of hydrogen-bond acceptors (Lipinski definition) is 1. The Morgan fingerprint density at radius 3 is 2.14 bits per heavy atom. The van der Waals surface area contributed by atoms with Gasteiger partial charge in [-0.1, -0.05) is 44.2 Å². The number of benzene rings is 2. The third-order valence-electron chi connectivity index (χ3n) is 3.82. The van der Waals surface area contributed by atoms with Crippen molar-refractivity contribution in [1.82, 2.24) is 0 Å². The molecule has 0 bridgehead atoms. The predicted molar refractivity (Wildman–Crippen MR) is 88.5 cm³/mol. The fraction of sp³-hybridized carbons (Fsp3) is 0.316. The third kappa shape index (κ3) is 4.17. The summed E-state index contributed by atoms with van der Waals surface area (Å²) in [7, 11) is 0. The molecular weight excluding hydrogens is 277 g/mol. The number of carbonyl (C=O) groups excluding carboxylic acids is 1. The Balaban J connectivity index is 2.01. The Labute approximate surface area is 131 Å². The molecular formula is C19H22FNO. The second-order valence-electron chi connectivity index (χ2n) is 5.33. The van der Waals surface area contributed by atoms with Crippen LogP contribution in [-0.4, -0.2) is 5.91 Å². The maximum atomic E-state index is 12.9. The van der Waals surface area contributed by atoms with Crippen LogP contribution in [0.15, 0.2) is 42.5 Å². The standard InChI is InChI=1S/C19H22FNO/c1-3-15-6-5-7-16(4-2)19(15)21-18(22)13-10-14-8-11-17(20)12-9-14/h5-9,11-12H,3-4,10,13H2,1-2H3,(H,21,22). The van der Waals surface area contributed by atoms with Gasteiger partial charge in [0.05, 0.1) is 0 Å². The van der Waals surface area contributed by atoms with Crippen molar-refractivity contribution in [1.29, 1.82) is 0 Å². The highest BCUT2D eigenvalue weighted by molar-refractivity contribution is 5.92. The number of amides is 1. The Morgan fingerprint density at radius 2 is 1.59 bits per heavy atom. The Morgan fingerprint density at radius 1 is 1.00 bits per heavy atom. The molecule has 0 radical (unpaired) electrons. The molecule has 1 amide bonds. The summed E-state index contributed by atoms with van der Waals surface area (Å²) in [5.41, 5.74) is 4.25. The molecule has 0 aromatic heterocycles. The lowest BCUT2D eigenvalue weighted by molar-refractivity contribution is -0.116. The summed E-state index contributed by atoms with van der Waals surface area (Å²) >= 11 is 0. The summed E-state index contributed by atoms with van der Waals surface area (Å²) in [6.45, 7) is 4.17. The first kappa shape index (κ1) is 16.2. The lowest BCUT2D eigenvalue weighted by Gasteiger charge is -2.14. The molecule has 0 atom stereocenters. The Hall–Kier alpha value is -2.16. The summed E-state index contributed by atoms with van der Waals surface area (Å²) in [5, 5.41) is 3.05. The van der Waals surface area contributed by atoms with Crippen LogP contribution in [0.3, 0.4) is 0 Å². The fourth-order valence-electron chi connectivity index (χ4n) is 2.51. The molecule has 2 nitrogen and oxygen atoms in total. The highest BCUT2D eigenvalue weighted by Gasteiger charge is 2.10. The molecule has 0 fully saturated rings. The molecule has 22 heavy (non-hydrogen) atoms. The number of carbonyl (C=O) groups is 1.